The minimum Gasteiger partial charge on any atom is -0.381 e. The monoisotopic (exact) mass is 161 g/mol. The lowest BCUT2D eigenvalue weighted by molar-refractivity contribution is 0.0647. The molecule has 1 fully saturated rings. The van der Waals surface area contributed by atoms with Gasteiger partial charge < -0.3 is 9.38 Å². The molecule has 1 unspecified atom stereocenters. The lowest BCUT2D eigenvalue weighted by Gasteiger charge is -2.21. The zero-order valence-corrected chi connectivity index (χ0v) is 9.44. The van der Waals surface area contributed by atoms with Crippen molar-refractivity contribution in [2.24, 2.45) is 0 Å². The van der Waals surface area contributed by atoms with E-state index in [4.69, 9.17) is 4.74 Å². The van der Waals surface area contributed by atoms with Crippen LogP contribution in [-0.4, -0.2) is 32.4 Å². The van der Waals surface area contributed by atoms with Gasteiger partial charge in [-0.2, -0.15) is 0 Å². The fourth-order valence-electron chi connectivity index (χ4n) is 1.20. The molecule has 1 aliphatic rings. The van der Waals surface area contributed by atoms with Crippen LogP contribution in [0.5, 0.6) is 0 Å². The fourth-order valence-corrected chi connectivity index (χ4v) is 3.79. The van der Waals surface area contributed by atoms with Gasteiger partial charge in [0.25, 0.3) is 0 Å². The number of ether oxygens (including phenoxy) is 1. The molecule has 1 aliphatic heterocycles. The Bertz CT molecular complexity index is 72.6. The molecule has 0 saturated carbocycles. The van der Waals surface area contributed by atoms with E-state index >= 15 is 0 Å². The van der Waals surface area contributed by atoms with Crippen molar-refractivity contribution in [3.8, 4) is 0 Å². The fraction of sp³-hybridized carbons (Fsp3) is 1.00. The average Bonchev–Trinajstić information content (AvgIpc) is 1.91. The zero-order chi connectivity index (χ0) is 6.53. The highest BCUT2D eigenvalue weighted by Gasteiger charge is 2.11. The molecule has 54 valence electrons. The largest absolute Gasteiger partial charge is 0.381 e. The van der Waals surface area contributed by atoms with E-state index in [0.717, 1.165) is 17.0 Å². The molecule has 0 spiro atoms. The molecule has 1 heterocycles. The predicted molar refractivity (Wildman–Crippen MR) is 45.2 cm³/mol. The van der Waals surface area contributed by atoms with Crippen LogP contribution >= 0.6 is 0 Å². The summed E-state index contributed by atoms with van der Waals surface area (Å²) in [6.07, 6.45) is 3.99. The third kappa shape index (κ3) is 2.62. The lowest BCUT2D eigenvalue weighted by atomic mass is 10.2. The maximum absolute atomic E-state index is 5.54. The molecule has 2 nitrogen and oxygen atoms in total. The Balaban J connectivity index is 2.08. The predicted octanol–water partition coefficient (Wildman–Crippen LogP) is -1.53. The van der Waals surface area contributed by atoms with E-state index in [-0.39, 0.29) is 9.68 Å². The second-order valence-corrected chi connectivity index (χ2v) is 6.69. The van der Waals surface area contributed by atoms with E-state index in [0.29, 0.717) is 5.73 Å². The molecule has 0 aromatic heterocycles. The van der Waals surface area contributed by atoms with Gasteiger partial charge in [-0.3, -0.25) is 0 Å². The normalized spacial score (nSPS) is 30.0. The highest BCUT2D eigenvalue weighted by Crippen LogP contribution is 2.10. The first-order chi connectivity index (χ1) is 4.43. The van der Waals surface area contributed by atoms with Gasteiger partial charge in [-0.15, -0.1) is 0 Å². The third-order valence-corrected chi connectivity index (χ3v) is 4.44. The maximum Gasteiger partial charge on any atom is 0.117 e. The molecule has 1 rings (SSSR count). The molecule has 1 N–H and O–H groups in total. The summed E-state index contributed by atoms with van der Waals surface area (Å²) in [5.74, 6) is 0. The Labute approximate surface area is 61.8 Å². The molecule has 0 aromatic carbocycles. The van der Waals surface area contributed by atoms with Crippen molar-refractivity contribution in [3.63, 3.8) is 0 Å². The minimum atomic E-state index is -0.0346. The van der Waals surface area contributed by atoms with Crippen LogP contribution < -0.4 is 4.65 Å². The summed E-state index contributed by atoms with van der Waals surface area (Å²) >= 11 is 0. The van der Waals surface area contributed by atoms with Crippen molar-refractivity contribution in [2.45, 2.75) is 25.0 Å². The Morgan fingerprint density at radius 2 is 2.44 bits per heavy atom. The smallest absolute Gasteiger partial charge is 0.117 e. The SMILES string of the molecule is [SiH3]N[SiH2]C1CCCCO1. The van der Waals surface area contributed by atoms with Crippen LogP contribution in [0, 0.1) is 0 Å². The van der Waals surface area contributed by atoms with Crippen LogP contribution in [0.3, 0.4) is 0 Å². The first-order valence-electron chi connectivity index (χ1n) is 3.69. The molecule has 0 aliphatic carbocycles. The highest BCUT2D eigenvalue weighted by atomic mass is 28.3. The van der Waals surface area contributed by atoms with Crippen LogP contribution in [0.4, 0.5) is 0 Å². The van der Waals surface area contributed by atoms with E-state index < -0.39 is 0 Å². The van der Waals surface area contributed by atoms with Crippen molar-refractivity contribution in [3.05, 3.63) is 0 Å². The first-order valence-corrected chi connectivity index (χ1v) is 6.22. The maximum atomic E-state index is 5.54. The van der Waals surface area contributed by atoms with Crippen LogP contribution in [-0.2, 0) is 4.74 Å². The molecule has 0 amide bonds. The molecule has 0 aromatic rings. The second-order valence-electron chi connectivity index (χ2n) is 2.55. The van der Waals surface area contributed by atoms with Crippen molar-refractivity contribution in [2.75, 3.05) is 6.61 Å². The Morgan fingerprint density at radius 1 is 1.56 bits per heavy atom. The van der Waals surface area contributed by atoms with Crippen molar-refractivity contribution >= 4 is 20.1 Å². The summed E-state index contributed by atoms with van der Waals surface area (Å²) in [5, 5.41) is 0. The Hall–Kier alpha value is 0.354. The summed E-state index contributed by atoms with van der Waals surface area (Å²) in [7, 11) is 1.12. The van der Waals surface area contributed by atoms with E-state index in [1.54, 1.807) is 0 Å². The average molecular weight is 161 g/mol. The number of hydrogen-bond acceptors (Lipinski definition) is 2. The highest BCUT2D eigenvalue weighted by molar-refractivity contribution is 6.43. The summed E-state index contributed by atoms with van der Waals surface area (Å²) < 4.78 is 8.93. The summed E-state index contributed by atoms with van der Waals surface area (Å²) in [6.45, 7) is 1.01. The van der Waals surface area contributed by atoms with Crippen LogP contribution in [0.25, 0.3) is 0 Å². The van der Waals surface area contributed by atoms with E-state index in [9.17, 15) is 0 Å². The van der Waals surface area contributed by atoms with Gasteiger partial charge in [0.05, 0.1) is 16.1 Å². The molecule has 0 radical (unpaired) electrons. The first kappa shape index (κ1) is 7.46. The van der Waals surface area contributed by atoms with Crippen LogP contribution in [0.2, 0.25) is 0 Å². The quantitative estimate of drug-likeness (QED) is 0.496. The van der Waals surface area contributed by atoms with Gasteiger partial charge in [0.1, 0.15) is 9.68 Å². The van der Waals surface area contributed by atoms with Gasteiger partial charge in [0.2, 0.25) is 0 Å². The minimum absolute atomic E-state index is 0.0346. The topological polar surface area (TPSA) is 21.3 Å². The Kier molecular flexibility index (Phi) is 3.49. The van der Waals surface area contributed by atoms with Gasteiger partial charge in [-0.05, 0) is 19.3 Å². The summed E-state index contributed by atoms with van der Waals surface area (Å²) in [5.41, 5.74) is 0.663. The molecular formula is C5H15NOSi2. The van der Waals surface area contributed by atoms with Gasteiger partial charge in [0.15, 0.2) is 0 Å². The molecule has 1 saturated heterocycles. The van der Waals surface area contributed by atoms with Crippen LogP contribution in [0.1, 0.15) is 19.3 Å². The summed E-state index contributed by atoms with van der Waals surface area (Å²) in [4.78, 5) is 0. The molecule has 4 heteroatoms. The van der Waals surface area contributed by atoms with E-state index in [1.807, 2.05) is 0 Å². The standard InChI is InChI=1S/C5H15NOSi2/c8-6-9-5-3-1-2-4-7-5/h5-6H,1-4,9H2,8H3. The van der Waals surface area contributed by atoms with Gasteiger partial charge >= 0.3 is 0 Å². The Morgan fingerprint density at radius 3 is 3.00 bits per heavy atom. The lowest BCUT2D eigenvalue weighted by Crippen LogP contribution is -2.33. The van der Waals surface area contributed by atoms with Crippen molar-refractivity contribution in [1.82, 2.24) is 4.65 Å². The number of rotatable bonds is 2. The second kappa shape index (κ2) is 4.21. The van der Waals surface area contributed by atoms with Gasteiger partial charge in [-0.25, -0.2) is 0 Å². The van der Waals surface area contributed by atoms with Gasteiger partial charge in [0, 0.05) is 6.61 Å². The zero-order valence-electron chi connectivity index (χ0n) is 6.02. The molecule has 0 bridgehead atoms. The molecule has 9 heavy (non-hydrogen) atoms. The third-order valence-electron chi connectivity index (χ3n) is 1.71. The van der Waals surface area contributed by atoms with Crippen molar-refractivity contribution < 1.29 is 4.74 Å². The number of hydrogen-bond donors (Lipinski definition) is 1. The summed E-state index contributed by atoms with van der Waals surface area (Å²) in [6, 6.07) is 0. The molecule has 1 atom stereocenters. The molecular weight excluding hydrogens is 146 g/mol. The number of nitrogens with one attached hydrogen (secondary N) is 1. The van der Waals surface area contributed by atoms with Crippen molar-refractivity contribution in [1.29, 1.82) is 0 Å². The van der Waals surface area contributed by atoms with Crippen LogP contribution in [0.15, 0.2) is 0 Å². The van der Waals surface area contributed by atoms with E-state index in [1.165, 1.54) is 19.3 Å². The van der Waals surface area contributed by atoms with E-state index in [2.05, 4.69) is 4.65 Å². The van der Waals surface area contributed by atoms with Gasteiger partial charge in [-0.1, -0.05) is 0 Å².